The number of benzene rings is 2. The minimum Gasteiger partial charge on any atom is -0.339 e. The third-order valence-corrected chi connectivity index (χ3v) is 5.63. The number of rotatable bonds is 8. The van der Waals surface area contributed by atoms with E-state index >= 15 is 0 Å². The molecule has 0 radical (unpaired) electrons. The zero-order valence-corrected chi connectivity index (χ0v) is 17.8. The van der Waals surface area contributed by atoms with E-state index in [1.165, 1.54) is 6.07 Å². The van der Waals surface area contributed by atoms with Gasteiger partial charge in [0.2, 0.25) is 5.91 Å². The van der Waals surface area contributed by atoms with Gasteiger partial charge in [-0.1, -0.05) is 25.1 Å². The fourth-order valence-corrected chi connectivity index (χ4v) is 4.00. The second-order valence-corrected chi connectivity index (χ2v) is 7.85. The first-order valence-electron chi connectivity index (χ1n) is 10.8. The number of nitrogens with zero attached hydrogens (tertiary/aromatic N) is 2. The van der Waals surface area contributed by atoms with Gasteiger partial charge in [0.05, 0.1) is 0 Å². The Morgan fingerprint density at radius 3 is 2.39 bits per heavy atom. The van der Waals surface area contributed by atoms with Crippen molar-refractivity contribution in [3.05, 3.63) is 65.7 Å². The lowest BCUT2D eigenvalue weighted by molar-refractivity contribution is -0.116. The molecule has 0 aliphatic carbocycles. The summed E-state index contributed by atoms with van der Waals surface area (Å²) in [4.78, 5) is 29.1. The molecule has 1 fully saturated rings. The lowest BCUT2D eigenvalue weighted by Crippen LogP contribution is -2.47. The van der Waals surface area contributed by atoms with Crippen LogP contribution < -0.4 is 5.32 Å². The molecule has 3 rings (SSSR count). The van der Waals surface area contributed by atoms with Crippen LogP contribution in [0.2, 0.25) is 0 Å². The van der Waals surface area contributed by atoms with E-state index in [1.54, 1.807) is 0 Å². The predicted octanol–water partition coefficient (Wildman–Crippen LogP) is 4.31. The van der Waals surface area contributed by atoms with Gasteiger partial charge < -0.3 is 10.2 Å². The number of nitrogens with one attached hydrogen (secondary N) is 1. The zero-order valence-electron chi connectivity index (χ0n) is 17.8. The van der Waals surface area contributed by atoms with Crippen molar-refractivity contribution in [2.24, 2.45) is 0 Å². The molecule has 5 nitrogen and oxygen atoms in total. The number of hydrogen-bond acceptors (Lipinski definition) is 3. The summed E-state index contributed by atoms with van der Waals surface area (Å²) in [6.45, 7) is 4.94. The van der Waals surface area contributed by atoms with Gasteiger partial charge in [0.1, 0.15) is 0 Å². The second kappa shape index (κ2) is 11.0. The topological polar surface area (TPSA) is 52.7 Å². The number of carbonyl (C=O) groups excluding carboxylic acids is 2. The summed E-state index contributed by atoms with van der Waals surface area (Å²) in [7, 11) is 0. The fourth-order valence-electron chi connectivity index (χ4n) is 4.00. The first-order chi connectivity index (χ1) is 15.0. The Labute approximate surface area is 182 Å². The molecular weight excluding hydrogens is 400 g/mol. The Morgan fingerprint density at radius 2 is 1.74 bits per heavy atom. The van der Waals surface area contributed by atoms with Gasteiger partial charge in [0, 0.05) is 49.4 Å². The molecule has 1 heterocycles. The fraction of sp³-hybridized carbons (Fsp3) is 0.417. The van der Waals surface area contributed by atoms with Crippen molar-refractivity contribution in [2.45, 2.75) is 38.6 Å². The highest BCUT2D eigenvalue weighted by Crippen LogP contribution is 2.20. The molecule has 2 aromatic rings. The van der Waals surface area contributed by atoms with E-state index in [1.807, 2.05) is 35.2 Å². The second-order valence-electron chi connectivity index (χ2n) is 7.85. The van der Waals surface area contributed by atoms with Crippen molar-refractivity contribution < 1.29 is 18.4 Å². The van der Waals surface area contributed by atoms with Crippen molar-refractivity contribution in [2.75, 3.05) is 31.5 Å². The van der Waals surface area contributed by atoms with E-state index in [0.29, 0.717) is 31.2 Å². The summed E-state index contributed by atoms with van der Waals surface area (Å²) in [6, 6.07) is 13.0. The van der Waals surface area contributed by atoms with Crippen molar-refractivity contribution in [3.63, 3.8) is 0 Å². The van der Waals surface area contributed by atoms with Gasteiger partial charge in [0.15, 0.2) is 11.6 Å². The quantitative estimate of drug-likeness (QED) is 0.680. The Kier molecular flexibility index (Phi) is 8.12. The molecule has 0 bridgehead atoms. The Hall–Kier alpha value is -2.80. The van der Waals surface area contributed by atoms with Crippen molar-refractivity contribution >= 4 is 17.5 Å². The Morgan fingerprint density at radius 1 is 1.03 bits per heavy atom. The van der Waals surface area contributed by atoms with Gasteiger partial charge >= 0.3 is 0 Å². The highest BCUT2D eigenvalue weighted by Gasteiger charge is 2.27. The number of hydrogen-bond donors (Lipinski definition) is 1. The SMILES string of the molecule is CCCN(CCC(=O)Nc1ccc(F)c(F)c1)C1CCN(C(=O)c2ccccc2)CC1. The molecule has 0 aromatic heterocycles. The summed E-state index contributed by atoms with van der Waals surface area (Å²) >= 11 is 0. The molecule has 0 saturated carbocycles. The minimum absolute atomic E-state index is 0.0620. The van der Waals surface area contributed by atoms with E-state index < -0.39 is 11.6 Å². The van der Waals surface area contributed by atoms with Gasteiger partial charge in [0.25, 0.3) is 5.91 Å². The molecule has 0 atom stereocenters. The molecule has 1 N–H and O–H groups in total. The van der Waals surface area contributed by atoms with Crippen LogP contribution in [0, 0.1) is 11.6 Å². The van der Waals surface area contributed by atoms with Gasteiger partial charge in [-0.15, -0.1) is 0 Å². The lowest BCUT2D eigenvalue weighted by atomic mass is 10.0. The summed E-state index contributed by atoms with van der Waals surface area (Å²) in [6.07, 6.45) is 2.96. The van der Waals surface area contributed by atoms with Crippen LogP contribution >= 0.6 is 0 Å². The van der Waals surface area contributed by atoms with Crippen LogP contribution in [0.4, 0.5) is 14.5 Å². The standard InChI is InChI=1S/C24H29F2N3O2/c1-2-13-28(16-12-23(30)27-19-8-9-21(25)22(26)17-19)20-10-14-29(15-11-20)24(31)18-6-4-3-5-7-18/h3-9,17,20H,2,10-16H2,1H3,(H,27,30). The Balaban J connectivity index is 1.49. The molecule has 2 amide bonds. The third-order valence-electron chi connectivity index (χ3n) is 5.63. The largest absolute Gasteiger partial charge is 0.339 e. The highest BCUT2D eigenvalue weighted by atomic mass is 19.2. The maximum atomic E-state index is 13.3. The first kappa shape index (κ1) is 22.9. The molecule has 0 unspecified atom stereocenters. The van der Waals surface area contributed by atoms with Gasteiger partial charge in [-0.05, 0) is 50.1 Å². The van der Waals surface area contributed by atoms with Gasteiger partial charge in [-0.3, -0.25) is 14.5 Å². The number of carbonyl (C=O) groups is 2. The monoisotopic (exact) mass is 429 g/mol. The summed E-state index contributed by atoms with van der Waals surface area (Å²) in [5.41, 5.74) is 0.957. The van der Waals surface area contributed by atoms with Crippen molar-refractivity contribution in [3.8, 4) is 0 Å². The van der Waals surface area contributed by atoms with Crippen LogP contribution in [0.15, 0.2) is 48.5 Å². The van der Waals surface area contributed by atoms with Crippen LogP contribution in [-0.4, -0.2) is 53.8 Å². The van der Waals surface area contributed by atoms with Crippen LogP contribution in [0.5, 0.6) is 0 Å². The Bertz CT molecular complexity index is 884. The molecule has 166 valence electrons. The van der Waals surface area contributed by atoms with E-state index in [-0.39, 0.29) is 23.9 Å². The first-order valence-corrected chi connectivity index (χ1v) is 10.8. The molecule has 7 heteroatoms. The van der Waals surface area contributed by atoms with E-state index in [9.17, 15) is 18.4 Å². The summed E-state index contributed by atoms with van der Waals surface area (Å²) in [5, 5.41) is 2.63. The van der Waals surface area contributed by atoms with Crippen molar-refractivity contribution in [1.82, 2.24) is 9.80 Å². The van der Waals surface area contributed by atoms with Crippen LogP contribution in [0.1, 0.15) is 43.0 Å². The van der Waals surface area contributed by atoms with Crippen LogP contribution in [0.3, 0.4) is 0 Å². The predicted molar refractivity (Wildman–Crippen MR) is 117 cm³/mol. The van der Waals surface area contributed by atoms with Crippen molar-refractivity contribution in [1.29, 1.82) is 0 Å². The third kappa shape index (κ3) is 6.34. The van der Waals surface area contributed by atoms with E-state index in [0.717, 1.165) is 37.9 Å². The highest BCUT2D eigenvalue weighted by molar-refractivity contribution is 5.94. The normalized spacial score (nSPS) is 14.6. The molecule has 1 aliphatic heterocycles. The zero-order chi connectivity index (χ0) is 22.2. The number of anilines is 1. The molecule has 0 spiro atoms. The average molecular weight is 430 g/mol. The smallest absolute Gasteiger partial charge is 0.253 e. The number of piperidine rings is 1. The van der Waals surface area contributed by atoms with Crippen LogP contribution in [-0.2, 0) is 4.79 Å². The summed E-state index contributed by atoms with van der Waals surface area (Å²) in [5.74, 6) is -2.10. The summed E-state index contributed by atoms with van der Waals surface area (Å²) < 4.78 is 26.4. The molecule has 2 aromatic carbocycles. The van der Waals surface area contributed by atoms with E-state index in [4.69, 9.17) is 0 Å². The molecule has 1 aliphatic rings. The maximum absolute atomic E-state index is 13.3. The van der Waals surface area contributed by atoms with Gasteiger partial charge in [-0.25, -0.2) is 8.78 Å². The van der Waals surface area contributed by atoms with Gasteiger partial charge in [-0.2, -0.15) is 0 Å². The molecule has 1 saturated heterocycles. The number of likely N-dealkylation sites (tertiary alicyclic amines) is 1. The average Bonchev–Trinajstić information content (AvgIpc) is 2.79. The van der Waals surface area contributed by atoms with Crippen LogP contribution in [0.25, 0.3) is 0 Å². The van der Waals surface area contributed by atoms with E-state index in [2.05, 4.69) is 17.1 Å². The number of amides is 2. The lowest BCUT2D eigenvalue weighted by Gasteiger charge is -2.38. The number of halogens is 2. The minimum atomic E-state index is -0.984. The molecule has 31 heavy (non-hydrogen) atoms. The maximum Gasteiger partial charge on any atom is 0.253 e. The molecular formula is C24H29F2N3O2.